The van der Waals surface area contributed by atoms with E-state index < -0.39 is 5.97 Å². The molecule has 0 spiro atoms. The van der Waals surface area contributed by atoms with Gasteiger partial charge in [0.25, 0.3) is 0 Å². The highest BCUT2D eigenvalue weighted by molar-refractivity contribution is 5.92. The number of nitrogens with two attached hydrogens (primary N) is 1. The first-order valence-electron chi connectivity index (χ1n) is 6.70. The van der Waals surface area contributed by atoms with Crippen molar-refractivity contribution in [2.75, 3.05) is 12.3 Å². The number of ether oxygens (including phenoxy) is 1. The quantitative estimate of drug-likeness (QED) is 0.749. The van der Waals surface area contributed by atoms with Crippen LogP contribution in [0.3, 0.4) is 0 Å². The van der Waals surface area contributed by atoms with Gasteiger partial charge in [0.2, 0.25) is 0 Å². The number of fused-ring (bicyclic) bond motifs is 1. The molecule has 0 aliphatic rings. The molecule has 106 valence electrons. The summed E-state index contributed by atoms with van der Waals surface area (Å²) in [5, 5.41) is 2.24. The van der Waals surface area contributed by atoms with Gasteiger partial charge in [-0.25, -0.2) is 9.78 Å². The number of carbonyl (C=O) groups excluding carboxylic acids is 1. The Kier molecular flexibility index (Phi) is 3.31. The van der Waals surface area contributed by atoms with Gasteiger partial charge in [-0.3, -0.25) is 4.57 Å². The van der Waals surface area contributed by atoms with Crippen LogP contribution in [-0.2, 0) is 4.74 Å². The lowest BCUT2D eigenvalue weighted by Gasteiger charge is -2.07. The highest BCUT2D eigenvalue weighted by Crippen LogP contribution is 2.22. The summed E-state index contributed by atoms with van der Waals surface area (Å²) in [6.45, 7) is 2.04. The third kappa shape index (κ3) is 2.33. The van der Waals surface area contributed by atoms with E-state index in [4.69, 9.17) is 10.5 Å². The maximum Gasteiger partial charge on any atom is 0.360 e. The van der Waals surface area contributed by atoms with Crippen molar-refractivity contribution in [1.29, 1.82) is 0 Å². The second-order valence-electron chi connectivity index (χ2n) is 4.60. The molecule has 1 heterocycles. The number of esters is 1. The number of nitrogens with zero attached hydrogens (tertiary/aromatic N) is 2. The van der Waals surface area contributed by atoms with Crippen LogP contribution in [0.5, 0.6) is 0 Å². The van der Waals surface area contributed by atoms with Crippen LogP contribution < -0.4 is 5.73 Å². The van der Waals surface area contributed by atoms with Gasteiger partial charge in [0, 0.05) is 5.69 Å². The Balaban J connectivity index is 2.04. The van der Waals surface area contributed by atoms with Crippen molar-refractivity contribution in [1.82, 2.24) is 9.55 Å². The lowest BCUT2D eigenvalue weighted by molar-refractivity contribution is 0.0521. The van der Waals surface area contributed by atoms with Crippen molar-refractivity contribution < 1.29 is 9.53 Å². The van der Waals surface area contributed by atoms with E-state index in [9.17, 15) is 4.79 Å². The number of benzene rings is 2. The topological polar surface area (TPSA) is 70.1 Å². The summed E-state index contributed by atoms with van der Waals surface area (Å²) in [5.74, 6) is -0.224. The van der Waals surface area contributed by atoms with Gasteiger partial charge in [0.05, 0.1) is 6.61 Å². The minimum atomic E-state index is -0.505. The molecule has 0 atom stereocenters. The van der Waals surface area contributed by atoms with E-state index in [1.54, 1.807) is 11.5 Å². The predicted molar refractivity (Wildman–Crippen MR) is 81.4 cm³/mol. The van der Waals surface area contributed by atoms with Crippen LogP contribution >= 0.6 is 0 Å². The highest BCUT2D eigenvalue weighted by atomic mass is 16.5. The smallest absolute Gasteiger partial charge is 0.360 e. The molecule has 0 aliphatic heterocycles. The molecule has 2 N–H and O–H groups in total. The van der Waals surface area contributed by atoms with Crippen LogP contribution in [0.25, 0.3) is 16.5 Å². The monoisotopic (exact) mass is 281 g/mol. The lowest BCUT2D eigenvalue weighted by Crippen LogP contribution is -2.09. The summed E-state index contributed by atoms with van der Waals surface area (Å²) >= 11 is 0. The van der Waals surface area contributed by atoms with Crippen molar-refractivity contribution in [3.8, 4) is 5.69 Å². The molecular formula is C16H15N3O2. The Bertz CT molecular complexity index is 808. The molecule has 3 rings (SSSR count). The molecule has 0 unspecified atom stereocenters. The first-order valence-corrected chi connectivity index (χ1v) is 6.70. The molecule has 0 saturated carbocycles. The van der Waals surface area contributed by atoms with Crippen molar-refractivity contribution >= 4 is 22.6 Å². The summed E-state index contributed by atoms with van der Waals surface area (Å²) in [4.78, 5) is 15.8. The zero-order valence-corrected chi connectivity index (χ0v) is 11.6. The third-order valence-corrected chi connectivity index (χ3v) is 3.28. The zero-order chi connectivity index (χ0) is 14.8. The minimum absolute atomic E-state index is 0.144. The Morgan fingerprint density at radius 2 is 2.00 bits per heavy atom. The number of carbonyl (C=O) groups is 1. The van der Waals surface area contributed by atoms with E-state index in [-0.39, 0.29) is 11.5 Å². The lowest BCUT2D eigenvalue weighted by atomic mass is 10.1. The van der Waals surface area contributed by atoms with Gasteiger partial charge in [0.1, 0.15) is 12.1 Å². The van der Waals surface area contributed by atoms with Crippen molar-refractivity contribution in [3.05, 3.63) is 54.5 Å². The molecule has 0 bridgehead atoms. The molecule has 2 aromatic carbocycles. The van der Waals surface area contributed by atoms with E-state index in [1.807, 2.05) is 42.5 Å². The average molecular weight is 281 g/mol. The van der Waals surface area contributed by atoms with Crippen LogP contribution in [0.15, 0.2) is 48.8 Å². The van der Waals surface area contributed by atoms with Crippen LogP contribution in [0.4, 0.5) is 5.82 Å². The van der Waals surface area contributed by atoms with Gasteiger partial charge in [0.15, 0.2) is 5.69 Å². The van der Waals surface area contributed by atoms with Crippen molar-refractivity contribution in [3.63, 3.8) is 0 Å². The summed E-state index contributed by atoms with van der Waals surface area (Å²) in [7, 11) is 0. The molecule has 0 fully saturated rings. The largest absolute Gasteiger partial charge is 0.461 e. The molecule has 3 aromatic rings. The fourth-order valence-corrected chi connectivity index (χ4v) is 2.25. The Morgan fingerprint density at radius 1 is 1.24 bits per heavy atom. The van der Waals surface area contributed by atoms with Gasteiger partial charge in [-0.1, -0.05) is 30.3 Å². The summed E-state index contributed by atoms with van der Waals surface area (Å²) in [6.07, 6.45) is 1.53. The van der Waals surface area contributed by atoms with Gasteiger partial charge in [-0.2, -0.15) is 0 Å². The zero-order valence-electron chi connectivity index (χ0n) is 11.6. The Labute approximate surface area is 122 Å². The normalized spacial score (nSPS) is 10.7. The van der Waals surface area contributed by atoms with Gasteiger partial charge >= 0.3 is 5.97 Å². The molecule has 0 saturated heterocycles. The summed E-state index contributed by atoms with van der Waals surface area (Å²) in [6, 6.07) is 14.0. The molecular weight excluding hydrogens is 266 g/mol. The SMILES string of the molecule is CCOC(=O)c1ncn(-c2ccc3ccccc3c2)c1N. The number of hydrogen-bond acceptors (Lipinski definition) is 4. The second kappa shape index (κ2) is 5.28. The van der Waals surface area contributed by atoms with Gasteiger partial charge < -0.3 is 10.5 Å². The molecule has 1 aromatic heterocycles. The third-order valence-electron chi connectivity index (χ3n) is 3.28. The Hall–Kier alpha value is -2.82. The van der Waals surface area contributed by atoms with E-state index in [2.05, 4.69) is 4.98 Å². The average Bonchev–Trinajstić information content (AvgIpc) is 2.89. The number of hydrogen-bond donors (Lipinski definition) is 1. The van der Waals surface area contributed by atoms with Crippen LogP contribution in [0.1, 0.15) is 17.4 Å². The fourth-order valence-electron chi connectivity index (χ4n) is 2.25. The van der Waals surface area contributed by atoms with E-state index in [0.29, 0.717) is 6.61 Å². The molecule has 0 aliphatic carbocycles. The maximum atomic E-state index is 11.7. The first-order chi connectivity index (χ1) is 10.2. The van der Waals surface area contributed by atoms with Crippen LogP contribution in [0.2, 0.25) is 0 Å². The number of imidazole rings is 1. The van der Waals surface area contributed by atoms with E-state index in [1.165, 1.54) is 6.33 Å². The molecule has 0 radical (unpaired) electrons. The first kappa shape index (κ1) is 13.2. The molecule has 5 heteroatoms. The molecule has 0 amide bonds. The highest BCUT2D eigenvalue weighted by Gasteiger charge is 2.17. The standard InChI is InChI=1S/C16H15N3O2/c1-2-21-16(20)14-15(17)19(10-18-14)13-8-7-11-5-3-4-6-12(11)9-13/h3-10H,2,17H2,1H3. The van der Waals surface area contributed by atoms with Crippen molar-refractivity contribution in [2.24, 2.45) is 0 Å². The predicted octanol–water partition coefficient (Wildman–Crippen LogP) is 2.78. The van der Waals surface area contributed by atoms with E-state index >= 15 is 0 Å². The van der Waals surface area contributed by atoms with Crippen LogP contribution in [-0.4, -0.2) is 22.1 Å². The number of rotatable bonds is 3. The second-order valence-corrected chi connectivity index (χ2v) is 4.60. The molecule has 21 heavy (non-hydrogen) atoms. The Morgan fingerprint density at radius 3 is 2.76 bits per heavy atom. The molecule has 5 nitrogen and oxygen atoms in total. The van der Waals surface area contributed by atoms with Crippen molar-refractivity contribution in [2.45, 2.75) is 6.92 Å². The number of aromatic nitrogens is 2. The summed E-state index contributed by atoms with van der Waals surface area (Å²) < 4.78 is 6.61. The van der Waals surface area contributed by atoms with Gasteiger partial charge in [-0.15, -0.1) is 0 Å². The maximum absolute atomic E-state index is 11.7. The number of anilines is 1. The summed E-state index contributed by atoms with van der Waals surface area (Å²) in [5.41, 5.74) is 7.01. The van der Waals surface area contributed by atoms with Gasteiger partial charge in [-0.05, 0) is 29.8 Å². The number of nitrogen functional groups attached to an aromatic ring is 1. The van der Waals surface area contributed by atoms with E-state index in [0.717, 1.165) is 16.5 Å². The fraction of sp³-hybridized carbons (Fsp3) is 0.125. The minimum Gasteiger partial charge on any atom is -0.461 e. The van der Waals surface area contributed by atoms with Crippen LogP contribution in [0, 0.1) is 0 Å².